The SMILES string of the molecule is CC(C)N1CCC2(CC1)COc1ccc(NC(=O)c3ccc(-c4ccccc4Cl)cc3)cc12. The molecule has 1 N–H and O–H groups in total. The number of anilines is 1. The largest absolute Gasteiger partial charge is 0.492 e. The molecule has 1 fully saturated rings. The summed E-state index contributed by atoms with van der Waals surface area (Å²) >= 11 is 6.31. The number of halogens is 1. The zero-order chi connectivity index (χ0) is 23.0. The normalized spacial score (nSPS) is 17.1. The van der Waals surface area contributed by atoms with E-state index in [9.17, 15) is 4.79 Å². The lowest BCUT2D eigenvalue weighted by molar-refractivity contribution is 0.102. The minimum Gasteiger partial charge on any atom is -0.492 e. The maximum atomic E-state index is 12.9. The average molecular weight is 461 g/mol. The van der Waals surface area contributed by atoms with Gasteiger partial charge in [-0.2, -0.15) is 0 Å². The Balaban J connectivity index is 1.32. The fraction of sp³-hybridized carbons (Fsp3) is 0.321. The van der Waals surface area contributed by atoms with Crippen LogP contribution in [0.1, 0.15) is 42.6 Å². The van der Waals surface area contributed by atoms with E-state index in [-0.39, 0.29) is 11.3 Å². The number of nitrogens with zero attached hydrogens (tertiary/aromatic N) is 1. The Bertz CT molecular complexity index is 1160. The molecular formula is C28H29ClN2O2. The Morgan fingerprint density at radius 2 is 1.76 bits per heavy atom. The van der Waals surface area contributed by atoms with Crippen LogP contribution in [0.5, 0.6) is 5.75 Å². The van der Waals surface area contributed by atoms with Gasteiger partial charge in [-0.15, -0.1) is 0 Å². The van der Waals surface area contributed by atoms with E-state index >= 15 is 0 Å². The van der Waals surface area contributed by atoms with Crippen LogP contribution in [0.4, 0.5) is 5.69 Å². The molecule has 0 unspecified atom stereocenters. The first kappa shape index (κ1) is 22.0. The minimum atomic E-state index is -0.122. The summed E-state index contributed by atoms with van der Waals surface area (Å²) in [6, 6.07) is 21.9. The van der Waals surface area contributed by atoms with Gasteiger partial charge in [0.1, 0.15) is 5.75 Å². The van der Waals surface area contributed by atoms with Crippen molar-refractivity contribution in [3.8, 4) is 16.9 Å². The average Bonchev–Trinajstić information content (AvgIpc) is 3.17. The summed E-state index contributed by atoms with van der Waals surface area (Å²) in [7, 11) is 0. The number of hydrogen-bond acceptors (Lipinski definition) is 3. The smallest absolute Gasteiger partial charge is 0.255 e. The highest BCUT2D eigenvalue weighted by atomic mass is 35.5. The Kier molecular flexibility index (Phi) is 5.90. The lowest BCUT2D eigenvalue weighted by atomic mass is 9.74. The second kappa shape index (κ2) is 8.85. The van der Waals surface area contributed by atoms with Crippen LogP contribution >= 0.6 is 11.6 Å². The molecule has 33 heavy (non-hydrogen) atoms. The molecule has 2 heterocycles. The second-order valence-electron chi connectivity index (χ2n) is 9.42. The number of ether oxygens (including phenoxy) is 1. The molecule has 1 amide bonds. The number of benzene rings is 3. The third kappa shape index (κ3) is 4.25. The molecule has 170 valence electrons. The number of likely N-dealkylation sites (tertiary alicyclic amines) is 1. The van der Waals surface area contributed by atoms with Gasteiger partial charge in [0.15, 0.2) is 0 Å². The zero-order valence-electron chi connectivity index (χ0n) is 19.1. The van der Waals surface area contributed by atoms with E-state index in [1.54, 1.807) is 0 Å². The quantitative estimate of drug-likeness (QED) is 0.490. The summed E-state index contributed by atoms with van der Waals surface area (Å²) in [4.78, 5) is 15.5. The molecule has 0 radical (unpaired) electrons. The number of piperidine rings is 1. The van der Waals surface area contributed by atoms with Gasteiger partial charge in [0, 0.05) is 38.9 Å². The summed E-state index contributed by atoms with van der Waals surface area (Å²) in [6.45, 7) is 7.40. The van der Waals surface area contributed by atoms with Gasteiger partial charge < -0.3 is 15.0 Å². The standard InChI is InChI=1S/C28H29ClN2O2/c1-19(2)31-15-13-28(14-16-31)18-33-26-12-11-22(17-24(26)28)30-27(32)21-9-7-20(8-10-21)23-5-3-4-6-25(23)29/h3-12,17,19H,13-16,18H2,1-2H3,(H,30,32). The molecular weight excluding hydrogens is 432 g/mol. The Hall–Kier alpha value is -2.82. The maximum Gasteiger partial charge on any atom is 0.255 e. The lowest BCUT2D eigenvalue weighted by Gasteiger charge is -2.40. The summed E-state index contributed by atoms with van der Waals surface area (Å²) in [5.41, 5.74) is 4.66. The topological polar surface area (TPSA) is 41.6 Å². The van der Waals surface area contributed by atoms with Crippen LogP contribution in [0.15, 0.2) is 66.7 Å². The number of carbonyl (C=O) groups is 1. The number of rotatable bonds is 4. The molecule has 0 bridgehead atoms. The van der Waals surface area contributed by atoms with Gasteiger partial charge in [-0.05, 0) is 81.7 Å². The maximum absolute atomic E-state index is 12.9. The summed E-state index contributed by atoms with van der Waals surface area (Å²) < 4.78 is 6.05. The van der Waals surface area contributed by atoms with Crippen molar-refractivity contribution in [2.24, 2.45) is 0 Å². The number of carbonyl (C=O) groups excluding carboxylic acids is 1. The third-order valence-electron chi connectivity index (χ3n) is 7.13. The van der Waals surface area contributed by atoms with Crippen molar-refractivity contribution in [1.29, 1.82) is 0 Å². The van der Waals surface area contributed by atoms with E-state index in [0.29, 0.717) is 16.6 Å². The summed E-state index contributed by atoms with van der Waals surface area (Å²) in [5.74, 6) is 0.832. The van der Waals surface area contributed by atoms with Gasteiger partial charge >= 0.3 is 0 Å². The highest BCUT2D eigenvalue weighted by Crippen LogP contribution is 2.46. The monoisotopic (exact) mass is 460 g/mol. The molecule has 4 nitrogen and oxygen atoms in total. The van der Waals surface area contributed by atoms with Crippen LogP contribution in [0.25, 0.3) is 11.1 Å². The van der Waals surface area contributed by atoms with Crippen LogP contribution in [0.2, 0.25) is 5.02 Å². The first-order chi connectivity index (χ1) is 15.9. The Morgan fingerprint density at radius 3 is 2.45 bits per heavy atom. The molecule has 3 aromatic carbocycles. The number of hydrogen-bond donors (Lipinski definition) is 1. The third-order valence-corrected chi connectivity index (χ3v) is 7.46. The van der Waals surface area contributed by atoms with E-state index < -0.39 is 0 Å². The van der Waals surface area contributed by atoms with Crippen molar-refractivity contribution in [2.45, 2.75) is 38.1 Å². The zero-order valence-corrected chi connectivity index (χ0v) is 19.9. The Morgan fingerprint density at radius 1 is 1.03 bits per heavy atom. The van der Waals surface area contributed by atoms with Crippen LogP contribution in [0.3, 0.4) is 0 Å². The highest BCUT2D eigenvalue weighted by molar-refractivity contribution is 6.33. The van der Waals surface area contributed by atoms with Crippen molar-refractivity contribution >= 4 is 23.2 Å². The molecule has 2 aliphatic heterocycles. The first-order valence-electron chi connectivity index (χ1n) is 11.6. The van der Waals surface area contributed by atoms with Gasteiger partial charge in [-0.3, -0.25) is 4.79 Å². The van der Waals surface area contributed by atoms with Gasteiger partial charge in [0.25, 0.3) is 5.91 Å². The summed E-state index contributed by atoms with van der Waals surface area (Å²) in [5, 5.41) is 3.77. The molecule has 0 aromatic heterocycles. The fourth-order valence-corrected chi connectivity index (χ4v) is 5.27. The molecule has 3 aromatic rings. The first-order valence-corrected chi connectivity index (χ1v) is 12.0. The fourth-order valence-electron chi connectivity index (χ4n) is 5.02. The number of amides is 1. The van der Waals surface area contributed by atoms with E-state index in [1.807, 2.05) is 60.7 Å². The second-order valence-corrected chi connectivity index (χ2v) is 9.83. The van der Waals surface area contributed by atoms with E-state index in [2.05, 4.69) is 30.1 Å². The van der Waals surface area contributed by atoms with Crippen LogP contribution < -0.4 is 10.1 Å². The van der Waals surface area contributed by atoms with Gasteiger partial charge in [0.2, 0.25) is 0 Å². The van der Waals surface area contributed by atoms with Crippen molar-refractivity contribution in [3.05, 3.63) is 82.9 Å². The molecule has 2 aliphatic rings. The molecule has 5 rings (SSSR count). The molecule has 1 saturated heterocycles. The number of fused-ring (bicyclic) bond motifs is 2. The Labute approximate surface area is 200 Å². The number of nitrogens with one attached hydrogen (secondary N) is 1. The van der Waals surface area contributed by atoms with E-state index in [0.717, 1.165) is 55.1 Å². The molecule has 0 atom stereocenters. The van der Waals surface area contributed by atoms with E-state index in [1.165, 1.54) is 5.56 Å². The van der Waals surface area contributed by atoms with Gasteiger partial charge in [-0.25, -0.2) is 0 Å². The molecule has 1 spiro atoms. The van der Waals surface area contributed by atoms with Crippen molar-refractivity contribution in [1.82, 2.24) is 4.90 Å². The van der Waals surface area contributed by atoms with Crippen molar-refractivity contribution in [2.75, 3.05) is 25.0 Å². The molecule has 0 saturated carbocycles. The molecule has 5 heteroatoms. The minimum absolute atomic E-state index is 0.0536. The van der Waals surface area contributed by atoms with Crippen molar-refractivity contribution in [3.63, 3.8) is 0 Å². The van der Waals surface area contributed by atoms with Crippen LogP contribution in [-0.4, -0.2) is 36.5 Å². The predicted molar refractivity (Wildman–Crippen MR) is 134 cm³/mol. The van der Waals surface area contributed by atoms with Crippen LogP contribution in [0, 0.1) is 0 Å². The van der Waals surface area contributed by atoms with Crippen molar-refractivity contribution < 1.29 is 9.53 Å². The summed E-state index contributed by atoms with van der Waals surface area (Å²) in [6.07, 6.45) is 2.16. The predicted octanol–water partition coefficient (Wildman–Crippen LogP) is 6.39. The van der Waals surface area contributed by atoms with E-state index in [4.69, 9.17) is 16.3 Å². The highest BCUT2D eigenvalue weighted by Gasteiger charge is 2.43. The molecule has 0 aliphatic carbocycles. The van der Waals surface area contributed by atoms with Crippen LogP contribution in [-0.2, 0) is 5.41 Å². The van der Waals surface area contributed by atoms with Gasteiger partial charge in [-0.1, -0.05) is 41.9 Å². The lowest BCUT2D eigenvalue weighted by Crippen LogP contribution is -2.46. The van der Waals surface area contributed by atoms with Gasteiger partial charge in [0.05, 0.1) is 6.61 Å².